The van der Waals surface area contributed by atoms with Gasteiger partial charge in [-0.3, -0.25) is 19.6 Å². The molecule has 1 saturated carbocycles. The van der Waals surface area contributed by atoms with E-state index < -0.39 is 11.3 Å². The molecule has 41 heavy (non-hydrogen) atoms. The van der Waals surface area contributed by atoms with Crippen LogP contribution in [0.5, 0.6) is 0 Å². The molecule has 7 nitrogen and oxygen atoms in total. The second-order valence-electron chi connectivity index (χ2n) is 11.7. The number of nitrogens with two attached hydrogens (primary N) is 1. The topological polar surface area (TPSA) is 95.3 Å². The van der Waals surface area contributed by atoms with E-state index in [1.54, 1.807) is 0 Å². The SMILES string of the molecule is C[C@@]1(C(=O)N(CC(N)=O)c2ccccc2)C[C@H]1c1ccc2c(/C=C/c3ccc(CN4CCCCC4)cc3)n[nH]c2c1. The lowest BCUT2D eigenvalue weighted by atomic mass is 9.98. The summed E-state index contributed by atoms with van der Waals surface area (Å²) in [6.45, 7) is 5.26. The number of primary amides is 1. The number of hydrogen-bond donors (Lipinski definition) is 2. The van der Waals surface area contributed by atoms with Crippen molar-refractivity contribution in [2.45, 2.75) is 45.1 Å². The van der Waals surface area contributed by atoms with E-state index in [-0.39, 0.29) is 18.4 Å². The zero-order valence-corrected chi connectivity index (χ0v) is 23.6. The minimum atomic E-state index is -0.595. The van der Waals surface area contributed by atoms with Crippen LogP contribution >= 0.6 is 0 Å². The second kappa shape index (κ2) is 11.3. The summed E-state index contributed by atoms with van der Waals surface area (Å²) < 4.78 is 0. The van der Waals surface area contributed by atoms with Gasteiger partial charge in [-0.25, -0.2) is 0 Å². The third kappa shape index (κ3) is 5.81. The highest BCUT2D eigenvalue weighted by molar-refractivity contribution is 6.03. The number of rotatable bonds is 9. The number of carbonyl (C=O) groups excluding carboxylic acids is 2. The molecule has 0 radical (unpaired) electrons. The number of fused-ring (bicyclic) bond motifs is 1. The van der Waals surface area contributed by atoms with E-state index in [9.17, 15) is 9.59 Å². The van der Waals surface area contributed by atoms with E-state index in [1.807, 2.05) is 43.3 Å². The molecule has 2 amide bonds. The van der Waals surface area contributed by atoms with Crippen molar-refractivity contribution in [3.05, 3.63) is 95.2 Å². The van der Waals surface area contributed by atoms with Crippen LogP contribution in [-0.4, -0.2) is 46.5 Å². The summed E-state index contributed by atoms with van der Waals surface area (Å²) in [5.41, 5.74) is 11.0. The zero-order valence-electron chi connectivity index (χ0n) is 23.6. The van der Waals surface area contributed by atoms with Crippen LogP contribution in [0.1, 0.15) is 60.9 Å². The van der Waals surface area contributed by atoms with Crippen molar-refractivity contribution in [3.8, 4) is 0 Å². The van der Waals surface area contributed by atoms with Crippen molar-refractivity contribution in [1.29, 1.82) is 0 Å². The first-order valence-corrected chi connectivity index (χ1v) is 14.5. The molecule has 0 bridgehead atoms. The molecule has 1 aromatic heterocycles. The van der Waals surface area contributed by atoms with Gasteiger partial charge < -0.3 is 10.6 Å². The average molecular weight is 548 g/mol. The summed E-state index contributed by atoms with van der Waals surface area (Å²) in [4.78, 5) is 29.5. The van der Waals surface area contributed by atoms with Gasteiger partial charge in [0.1, 0.15) is 6.54 Å². The predicted octanol–water partition coefficient (Wildman–Crippen LogP) is 5.73. The Morgan fingerprint density at radius 3 is 2.51 bits per heavy atom. The van der Waals surface area contributed by atoms with Crippen molar-refractivity contribution < 1.29 is 9.59 Å². The summed E-state index contributed by atoms with van der Waals surface area (Å²) in [5.74, 6) is -0.553. The van der Waals surface area contributed by atoms with E-state index in [2.05, 4.69) is 63.6 Å². The summed E-state index contributed by atoms with van der Waals surface area (Å²) in [6.07, 6.45) is 8.83. The summed E-state index contributed by atoms with van der Waals surface area (Å²) in [5, 5.41) is 8.76. The first-order chi connectivity index (χ1) is 19.9. The molecule has 4 aromatic rings. The first-order valence-electron chi connectivity index (χ1n) is 14.5. The van der Waals surface area contributed by atoms with Crippen molar-refractivity contribution in [1.82, 2.24) is 15.1 Å². The highest BCUT2D eigenvalue weighted by atomic mass is 16.2. The van der Waals surface area contributed by atoms with Crippen LogP contribution in [0.2, 0.25) is 0 Å². The van der Waals surface area contributed by atoms with Crippen LogP contribution < -0.4 is 10.6 Å². The zero-order chi connectivity index (χ0) is 28.4. The Morgan fingerprint density at radius 2 is 1.78 bits per heavy atom. The van der Waals surface area contributed by atoms with Crippen molar-refractivity contribution in [3.63, 3.8) is 0 Å². The molecule has 2 fully saturated rings. The van der Waals surface area contributed by atoms with Gasteiger partial charge in [-0.1, -0.05) is 74.0 Å². The maximum atomic E-state index is 13.6. The fraction of sp³-hybridized carbons (Fsp3) is 0.324. The molecule has 0 unspecified atom stereocenters. The lowest BCUT2D eigenvalue weighted by molar-refractivity contribution is -0.125. The smallest absolute Gasteiger partial charge is 0.237 e. The Kier molecular flexibility index (Phi) is 7.45. The first kappa shape index (κ1) is 27.0. The molecule has 2 aliphatic rings. The van der Waals surface area contributed by atoms with Gasteiger partial charge in [-0.15, -0.1) is 0 Å². The Morgan fingerprint density at radius 1 is 1.02 bits per heavy atom. The monoisotopic (exact) mass is 547 g/mol. The molecule has 2 heterocycles. The third-order valence-electron chi connectivity index (χ3n) is 8.64. The van der Waals surface area contributed by atoms with Gasteiger partial charge in [0, 0.05) is 17.6 Å². The number of nitrogens with zero attached hydrogens (tertiary/aromatic N) is 3. The number of anilines is 1. The van der Waals surface area contributed by atoms with Crippen LogP contribution in [0.3, 0.4) is 0 Å². The van der Waals surface area contributed by atoms with E-state index in [1.165, 1.54) is 42.8 Å². The second-order valence-corrected chi connectivity index (χ2v) is 11.7. The highest BCUT2D eigenvalue weighted by Crippen LogP contribution is 2.60. The number of likely N-dealkylation sites (tertiary alicyclic amines) is 1. The maximum Gasteiger partial charge on any atom is 0.237 e. The average Bonchev–Trinajstić information content (AvgIpc) is 3.54. The van der Waals surface area contributed by atoms with E-state index >= 15 is 0 Å². The summed E-state index contributed by atoms with van der Waals surface area (Å²) in [6, 6.07) is 24.3. The van der Waals surface area contributed by atoms with Gasteiger partial charge >= 0.3 is 0 Å². The Balaban J connectivity index is 1.14. The molecule has 210 valence electrons. The van der Waals surface area contributed by atoms with E-state index in [0.717, 1.165) is 34.3 Å². The van der Waals surface area contributed by atoms with Crippen molar-refractivity contribution >= 4 is 40.6 Å². The molecule has 1 saturated heterocycles. The van der Waals surface area contributed by atoms with Crippen molar-refractivity contribution in [2.75, 3.05) is 24.5 Å². The minimum absolute atomic E-state index is 0.0595. The predicted molar refractivity (Wildman–Crippen MR) is 164 cm³/mol. The van der Waals surface area contributed by atoms with Gasteiger partial charge in [0.15, 0.2) is 0 Å². The third-order valence-corrected chi connectivity index (χ3v) is 8.64. The number of aromatic amines is 1. The van der Waals surface area contributed by atoms with Gasteiger partial charge in [-0.2, -0.15) is 5.10 Å². The van der Waals surface area contributed by atoms with Gasteiger partial charge in [-0.05, 0) is 79.2 Å². The van der Waals surface area contributed by atoms with Crippen LogP contribution in [0, 0.1) is 5.41 Å². The number of para-hydroxylation sites is 1. The van der Waals surface area contributed by atoms with Gasteiger partial charge in [0.2, 0.25) is 11.8 Å². The van der Waals surface area contributed by atoms with Crippen LogP contribution in [-0.2, 0) is 16.1 Å². The van der Waals surface area contributed by atoms with Crippen LogP contribution in [0.15, 0.2) is 72.8 Å². The van der Waals surface area contributed by atoms with Crippen LogP contribution in [0.4, 0.5) is 5.69 Å². The Labute approximate surface area is 241 Å². The fourth-order valence-electron chi connectivity index (χ4n) is 6.13. The lowest BCUT2D eigenvalue weighted by Gasteiger charge is -2.26. The molecule has 0 spiro atoms. The Bertz CT molecular complexity index is 1570. The number of benzene rings is 3. The molecular formula is C34H37N5O2. The summed E-state index contributed by atoms with van der Waals surface area (Å²) >= 11 is 0. The van der Waals surface area contributed by atoms with Gasteiger partial charge in [0.25, 0.3) is 0 Å². The number of amides is 2. The highest BCUT2D eigenvalue weighted by Gasteiger charge is 2.58. The number of aromatic nitrogens is 2. The van der Waals surface area contributed by atoms with Crippen molar-refractivity contribution in [2.24, 2.45) is 11.1 Å². The van der Waals surface area contributed by atoms with Crippen LogP contribution in [0.25, 0.3) is 23.1 Å². The number of H-pyrrole nitrogens is 1. The van der Waals surface area contributed by atoms with E-state index in [4.69, 9.17) is 5.73 Å². The molecule has 1 aliphatic carbocycles. The number of nitrogens with one attached hydrogen (secondary N) is 1. The molecule has 7 heteroatoms. The minimum Gasteiger partial charge on any atom is -0.368 e. The largest absolute Gasteiger partial charge is 0.368 e. The maximum absolute atomic E-state index is 13.6. The Hall–Kier alpha value is -4.23. The molecule has 6 rings (SSSR count). The normalized spacial score (nSPS) is 20.9. The molecule has 3 aromatic carbocycles. The van der Waals surface area contributed by atoms with Gasteiger partial charge in [0.05, 0.1) is 16.6 Å². The quantitative estimate of drug-likeness (QED) is 0.280. The van der Waals surface area contributed by atoms with E-state index in [0.29, 0.717) is 12.1 Å². The lowest BCUT2D eigenvalue weighted by Crippen LogP contribution is -2.42. The standard InChI is InChI=1S/C34H37N5O2/c1-34(33(41)39(23-32(35)40)27-8-4-2-5-9-27)21-29(34)26-15-16-28-30(36-37-31(28)20-26)17-14-24-10-12-25(13-11-24)22-38-18-6-3-7-19-38/h2,4-5,8-17,20,29H,3,6-7,18-19,21-23H2,1H3,(H2,35,40)(H,36,37)/b17-14+/t29-,34+/m0/s1. The molecule has 2 atom stereocenters. The molecule has 3 N–H and O–H groups in total. The number of carbonyl (C=O) groups is 2. The fourth-order valence-corrected chi connectivity index (χ4v) is 6.13. The summed E-state index contributed by atoms with van der Waals surface area (Å²) in [7, 11) is 0. The number of hydrogen-bond acceptors (Lipinski definition) is 4. The molecular weight excluding hydrogens is 510 g/mol. The molecule has 1 aliphatic heterocycles. The number of piperidine rings is 1.